The standard InChI is InChI=1S/C20H25NO2/c1-13-18(17-5-3-2-4-6-17)23-19(22)21(13)20-10-14-7-15(11-20)9-16(8-14)12-20/h2-6,13-16,18H,7-12H2,1H3/t13-,14?,15?,16?,18-,20?/m1/s1. The minimum atomic E-state index is -0.114. The summed E-state index contributed by atoms with van der Waals surface area (Å²) in [5.74, 6) is 2.53. The topological polar surface area (TPSA) is 29.5 Å². The zero-order valence-electron chi connectivity index (χ0n) is 13.8. The van der Waals surface area contributed by atoms with Crippen LogP contribution in [0.5, 0.6) is 0 Å². The van der Waals surface area contributed by atoms with E-state index in [-0.39, 0.29) is 23.8 Å². The summed E-state index contributed by atoms with van der Waals surface area (Å²) >= 11 is 0. The third-order valence-electron chi connectivity index (χ3n) is 6.91. The highest BCUT2D eigenvalue weighted by Gasteiger charge is 2.59. The molecule has 1 heterocycles. The van der Waals surface area contributed by atoms with E-state index in [1.54, 1.807) is 0 Å². The molecule has 0 radical (unpaired) electrons. The molecular weight excluding hydrogens is 286 g/mol. The number of carbonyl (C=O) groups excluding carboxylic acids is 1. The molecule has 3 heteroatoms. The molecule has 1 saturated heterocycles. The van der Waals surface area contributed by atoms with Gasteiger partial charge >= 0.3 is 6.09 Å². The Balaban J connectivity index is 1.48. The number of rotatable bonds is 2. The second-order valence-electron chi connectivity index (χ2n) is 8.47. The number of benzene rings is 1. The number of carbonyl (C=O) groups is 1. The van der Waals surface area contributed by atoms with Crippen LogP contribution in [0.3, 0.4) is 0 Å². The van der Waals surface area contributed by atoms with Crippen LogP contribution in [-0.4, -0.2) is 22.6 Å². The Morgan fingerprint density at radius 1 is 1.00 bits per heavy atom. The first-order chi connectivity index (χ1) is 11.1. The first-order valence-corrected chi connectivity index (χ1v) is 9.19. The minimum Gasteiger partial charge on any atom is -0.439 e. The molecule has 4 saturated carbocycles. The number of hydrogen-bond acceptors (Lipinski definition) is 2. The maximum absolute atomic E-state index is 12.8. The summed E-state index contributed by atoms with van der Waals surface area (Å²) in [5.41, 5.74) is 1.22. The van der Waals surface area contributed by atoms with Crippen LogP contribution in [0, 0.1) is 17.8 Å². The van der Waals surface area contributed by atoms with Gasteiger partial charge in [-0.3, -0.25) is 4.90 Å². The quantitative estimate of drug-likeness (QED) is 0.802. The summed E-state index contributed by atoms with van der Waals surface area (Å²) in [6.07, 6.45) is 7.64. The Kier molecular flexibility index (Phi) is 2.87. The van der Waals surface area contributed by atoms with Crippen LogP contribution in [0.4, 0.5) is 4.79 Å². The molecule has 4 bridgehead atoms. The molecule has 1 aromatic carbocycles. The van der Waals surface area contributed by atoms with Crippen molar-refractivity contribution in [3.63, 3.8) is 0 Å². The van der Waals surface area contributed by atoms with E-state index in [9.17, 15) is 4.79 Å². The molecule has 122 valence electrons. The van der Waals surface area contributed by atoms with E-state index >= 15 is 0 Å². The van der Waals surface area contributed by atoms with Crippen LogP contribution >= 0.6 is 0 Å². The smallest absolute Gasteiger partial charge is 0.411 e. The average Bonchev–Trinajstić information content (AvgIpc) is 2.82. The molecule has 5 fully saturated rings. The third-order valence-corrected chi connectivity index (χ3v) is 6.91. The van der Waals surface area contributed by atoms with Gasteiger partial charge in [-0.25, -0.2) is 4.79 Å². The molecule has 0 spiro atoms. The van der Waals surface area contributed by atoms with Crippen LogP contribution in [0.2, 0.25) is 0 Å². The van der Waals surface area contributed by atoms with Crippen molar-refractivity contribution in [2.75, 3.05) is 0 Å². The Labute approximate surface area is 138 Å². The second kappa shape index (κ2) is 4.75. The largest absolute Gasteiger partial charge is 0.439 e. The molecule has 1 amide bonds. The van der Waals surface area contributed by atoms with Crippen molar-refractivity contribution in [3.05, 3.63) is 35.9 Å². The number of hydrogen-bond donors (Lipinski definition) is 0. The lowest BCUT2D eigenvalue weighted by atomic mass is 9.52. The summed E-state index contributed by atoms with van der Waals surface area (Å²) in [7, 11) is 0. The van der Waals surface area contributed by atoms with Gasteiger partial charge in [-0.2, -0.15) is 0 Å². The Morgan fingerprint density at radius 3 is 2.13 bits per heavy atom. The van der Waals surface area contributed by atoms with Crippen LogP contribution in [0.1, 0.15) is 57.1 Å². The van der Waals surface area contributed by atoms with Crippen molar-refractivity contribution < 1.29 is 9.53 Å². The predicted molar refractivity (Wildman–Crippen MR) is 87.9 cm³/mol. The average molecular weight is 311 g/mol. The van der Waals surface area contributed by atoms with Crippen LogP contribution < -0.4 is 0 Å². The maximum atomic E-state index is 12.8. The zero-order chi connectivity index (χ0) is 15.6. The van der Waals surface area contributed by atoms with Gasteiger partial charge in [-0.15, -0.1) is 0 Å². The molecule has 4 aliphatic carbocycles. The van der Waals surface area contributed by atoms with E-state index < -0.39 is 0 Å². The Bertz CT molecular complexity index is 591. The lowest BCUT2D eigenvalue weighted by molar-refractivity contribution is -0.0757. The molecule has 5 aliphatic rings. The molecule has 0 N–H and O–H groups in total. The zero-order valence-corrected chi connectivity index (χ0v) is 13.8. The van der Waals surface area contributed by atoms with Crippen molar-refractivity contribution in [1.29, 1.82) is 0 Å². The van der Waals surface area contributed by atoms with Gasteiger partial charge in [0, 0.05) is 5.54 Å². The lowest BCUT2D eigenvalue weighted by Crippen LogP contribution is -2.62. The predicted octanol–water partition coefficient (Wildman–Crippen LogP) is 4.54. The van der Waals surface area contributed by atoms with Gasteiger partial charge < -0.3 is 4.74 Å². The number of cyclic esters (lactones) is 1. The molecule has 1 aliphatic heterocycles. The fraction of sp³-hybridized carbons (Fsp3) is 0.650. The van der Waals surface area contributed by atoms with Crippen LogP contribution in [0.25, 0.3) is 0 Å². The summed E-state index contributed by atoms with van der Waals surface area (Å²) in [5, 5.41) is 0. The molecule has 3 nitrogen and oxygen atoms in total. The molecule has 0 unspecified atom stereocenters. The minimum absolute atomic E-state index is 0.0756. The summed E-state index contributed by atoms with van der Waals surface area (Å²) in [6, 6.07) is 10.4. The summed E-state index contributed by atoms with van der Waals surface area (Å²) < 4.78 is 5.85. The highest BCUT2D eigenvalue weighted by Crippen LogP contribution is 2.59. The monoisotopic (exact) mass is 311 g/mol. The van der Waals surface area contributed by atoms with E-state index in [4.69, 9.17) is 4.74 Å². The molecule has 0 aromatic heterocycles. The number of ether oxygens (including phenoxy) is 1. The van der Waals surface area contributed by atoms with Crippen molar-refractivity contribution >= 4 is 6.09 Å². The van der Waals surface area contributed by atoms with Crippen LogP contribution in [-0.2, 0) is 4.74 Å². The van der Waals surface area contributed by atoms with Gasteiger partial charge in [0.2, 0.25) is 0 Å². The van der Waals surface area contributed by atoms with Gasteiger partial charge in [0.25, 0.3) is 0 Å². The normalized spacial score (nSPS) is 44.7. The molecule has 23 heavy (non-hydrogen) atoms. The van der Waals surface area contributed by atoms with E-state index in [1.165, 1.54) is 38.5 Å². The number of nitrogens with zero attached hydrogens (tertiary/aromatic N) is 1. The lowest BCUT2D eigenvalue weighted by Gasteiger charge is -2.60. The van der Waals surface area contributed by atoms with Crippen LogP contribution in [0.15, 0.2) is 30.3 Å². The van der Waals surface area contributed by atoms with Gasteiger partial charge in [-0.05, 0) is 68.8 Å². The molecule has 6 rings (SSSR count). The fourth-order valence-electron chi connectivity index (χ4n) is 6.54. The Morgan fingerprint density at radius 2 is 1.57 bits per heavy atom. The van der Waals surface area contributed by atoms with Crippen molar-refractivity contribution in [2.45, 2.75) is 63.1 Å². The van der Waals surface area contributed by atoms with E-state index in [0.717, 1.165) is 23.3 Å². The first-order valence-electron chi connectivity index (χ1n) is 9.19. The van der Waals surface area contributed by atoms with E-state index in [1.807, 2.05) is 18.2 Å². The molecular formula is C20H25NO2. The SMILES string of the molecule is C[C@@H]1[C@H](c2ccccc2)OC(=O)N1C12CC3CC(CC(C3)C1)C2. The van der Waals surface area contributed by atoms with Gasteiger partial charge in [-0.1, -0.05) is 30.3 Å². The first kappa shape index (κ1) is 13.9. The molecule has 2 atom stereocenters. The maximum Gasteiger partial charge on any atom is 0.411 e. The van der Waals surface area contributed by atoms with Gasteiger partial charge in [0.1, 0.15) is 6.10 Å². The van der Waals surface area contributed by atoms with Gasteiger partial charge in [0.05, 0.1) is 6.04 Å². The van der Waals surface area contributed by atoms with E-state index in [0.29, 0.717) is 0 Å². The van der Waals surface area contributed by atoms with E-state index in [2.05, 4.69) is 24.0 Å². The highest BCUT2D eigenvalue weighted by atomic mass is 16.6. The summed E-state index contributed by atoms with van der Waals surface area (Å²) in [4.78, 5) is 14.9. The summed E-state index contributed by atoms with van der Waals surface area (Å²) in [6.45, 7) is 2.18. The fourth-order valence-corrected chi connectivity index (χ4v) is 6.54. The molecule has 1 aromatic rings. The van der Waals surface area contributed by atoms with Gasteiger partial charge in [0.15, 0.2) is 0 Å². The van der Waals surface area contributed by atoms with Crippen molar-refractivity contribution in [3.8, 4) is 0 Å². The Hall–Kier alpha value is -1.51. The van der Waals surface area contributed by atoms with Crippen molar-refractivity contribution in [1.82, 2.24) is 4.90 Å². The number of amides is 1. The van der Waals surface area contributed by atoms with Crippen molar-refractivity contribution in [2.24, 2.45) is 17.8 Å². The third kappa shape index (κ3) is 1.98. The second-order valence-corrected chi connectivity index (χ2v) is 8.47. The highest BCUT2D eigenvalue weighted by molar-refractivity contribution is 5.72.